The minimum absolute atomic E-state index is 0.187. The molecule has 0 fully saturated rings. The second-order valence-electron chi connectivity index (χ2n) is 6.04. The van der Waals surface area contributed by atoms with Crippen LogP contribution in [0.4, 0.5) is 0 Å². The van der Waals surface area contributed by atoms with Gasteiger partial charge in [-0.15, -0.1) is 0 Å². The minimum Gasteiger partial charge on any atom is -0.440 e. The zero-order chi connectivity index (χ0) is 16.7. The molecule has 4 rings (SSSR count). The normalized spacial score (nSPS) is 16.4. The lowest BCUT2D eigenvalue weighted by Crippen LogP contribution is -2.21. The Morgan fingerprint density at radius 2 is 1.75 bits per heavy atom. The van der Waals surface area contributed by atoms with Crippen LogP contribution in [-0.2, 0) is 0 Å². The van der Waals surface area contributed by atoms with Crippen LogP contribution in [0.25, 0.3) is 10.8 Å². The first-order valence-corrected chi connectivity index (χ1v) is 7.85. The van der Waals surface area contributed by atoms with E-state index < -0.39 is 0 Å². The summed E-state index contributed by atoms with van der Waals surface area (Å²) in [6.07, 6.45) is 0. The van der Waals surface area contributed by atoms with E-state index in [-0.39, 0.29) is 11.8 Å². The molecule has 3 aromatic rings. The van der Waals surface area contributed by atoms with Gasteiger partial charge in [0.05, 0.1) is 5.92 Å². The monoisotopic (exact) mass is 312 g/mol. The van der Waals surface area contributed by atoms with E-state index in [1.54, 1.807) is 0 Å². The molecule has 0 saturated carbocycles. The van der Waals surface area contributed by atoms with Crippen LogP contribution < -0.4 is 10.5 Å². The quantitative estimate of drug-likeness (QED) is 0.726. The third-order valence-corrected chi connectivity index (χ3v) is 4.52. The summed E-state index contributed by atoms with van der Waals surface area (Å²) in [5.41, 5.74) is 9.75. The first-order chi connectivity index (χ1) is 11.7. The maximum Gasteiger partial charge on any atom is 0.205 e. The number of hydrogen-bond donors (Lipinski definition) is 1. The summed E-state index contributed by atoms with van der Waals surface area (Å²) in [5, 5.41) is 11.7. The Kier molecular flexibility index (Phi) is 3.25. The van der Waals surface area contributed by atoms with Gasteiger partial charge in [0.15, 0.2) is 0 Å². The number of fused-ring (bicyclic) bond motifs is 3. The van der Waals surface area contributed by atoms with E-state index in [1.807, 2.05) is 37.3 Å². The van der Waals surface area contributed by atoms with Gasteiger partial charge in [-0.05, 0) is 17.9 Å². The van der Waals surface area contributed by atoms with Gasteiger partial charge in [-0.25, -0.2) is 0 Å². The number of hydrogen-bond acceptors (Lipinski definition) is 3. The summed E-state index contributed by atoms with van der Waals surface area (Å²) in [6.45, 7) is 2.05. The van der Waals surface area contributed by atoms with E-state index in [9.17, 15) is 5.26 Å². The average molecular weight is 312 g/mol. The number of rotatable bonds is 1. The lowest BCUT2D eigenvalue weighted by molar-refractivity contribution is 0.398. The summed E-state index contributed by atoms with van der Waals surface area (Å²) < 4.78 is 5.86. The van der Waals surface area contributed by atoms with Crippen molar-refractivity contribution < 1.29 is 4.74 Å². The highest BCUT2D eigenvalue weighted by atomic mass is 16.5. The van der Waals surface area contributed by atoms with Crippen molar-refractivity contribution in [3.63, 3.8) is 0 Å². The second kappa shape index (κ2) is 5.43. The predicted molar refractivity (Wildman–Crippen MR) is 94.4 cm³/mol. The first-order valence-electron chi connectivity index (χ1n) is 7.85. The molecule has 0 unspecified atom stereocenters. The number of ether oxygens (including phenoxy) is 1. The predicted octanol–water partition coefficient (Wildman–Crippen LogP) is 4.37. The molecule has 0 amide bonds. The Morgan fingerprint density at radius 1 is 1.00 bits per heavy atom. The maximum absolute atomic E-state index is 9.62. The fourth-order valence-electron chi connectivity index (χ4n) is 3.29. The summed E-state index contributed by atoms with van der Waals surface area (Å²) in [5.74, 6) is 0.728. The fraction of sp³-hybridized carbons (Fsp3) is 0.0952. The van der Waals surface area contributed by atoms with Crippen LogP contribution in [0.5, 0.6) is 5.75 Å². The van der Waals surface area contributed by atoms with E-state index >= 15 is 0 Å². The molecule has 1 atom stereocenters. The summed E-state index contributed by atoms with van der Waals surface area (Å²) in [7, 11) is 0. The molecule has 0 radical (unpaired) electrons. The number of aryl methyl sites for hydroxylation is 1. The molecule has 24 heavy (non-hydrogen) atoms. The Hall–Kier alpha value is -3.25. The zero-order valence-electron chi connectivity index (χ0n) is 13.3. The lowest BCUT2D eigenvalue weighted by atomic mass is 9.82. The molecular formula is C21H16N2O. The van der Waals surface area contributed by atoms with E-state index in [2.05, 4.69) is 36.4 Å². The van der Waals surface area contributed by atoms with Crippen LogP contribution in [0.2, 0.25) is 0 Å². The summed E-state index contributed by atoms with van der Waals surface area (Å²) in [6, 6.07) is 22.6. The van der Waals surface area contributed by atoms with Crippen LogP contribution in [0.3, 0.4) is 0 Å². The third-order valence-electron chi connectivity index (χ3n) is 4.52. The van der Waals surface area contributed by atoms with Gasteiger partial charge in [0.25, 0.3) is 0 Å². The van der Waals surface area contributed by atoms with Crippen molar-refractivity contribution in [2.45, 2.75) is 12.8 Å². The molecule has 1 heterocycles. The molecule has 3 nitrogen and oxygen atoms in total. The fourth-order valence-corrected chi connectivity index (χ4v) is 3.29. The van der Waals surface area contributed by atoms with Crippen molar-refractivity contribution in [1.82, 2.24) is 0 Å². The van der Waals surface area contributed by atoms with E-state index in [0.29, 0.717) is 5.57 Å². The smallest absolute Gasteiger partial charge is 0.205 e. The molecule has 3 heteroatoms. The summed E-state index contributed by atoms with van der Waals surface area (Å²) >= 11 is 0. The molecule has 0 bridgehead atoms. The largest absolute Gasteiger partial charge is 0.440 e. The minimum atomic E-state index is -0.205. The van der Waals surface area contributed by atoms with Crippen molar-refractivity contribution in [2.75, 3.05) is 0 Å². The van der Waals surface area contributed by atoms with Gasteiger partial charge < -0.3 is 10.5 Å². The van der Waals surface area contributed by atoms with Crippen molar-refractivity contribution >= 4 is 10.8 Å². The highest BCUT2D eigenvalue weighted by Crippen LogP contribution is 2.45. The van der Waals surface area contributed by atoms with Gasteiger partial charge in [0.2, 0.25) is 5.88 Å². The molecule has 0 spiro atoms. The van der Waals surface area contributed by atoms with E-state index in [4.69, 9.17) is 10.5 Å². The highest BCUT2D eigenvalue weighted by Gasteiger charge is 2.31. The molecule has 0 aromatic heterocycles. The van der Waals surface area contributed by atoms with Crippen LogP contribution in [0, 0.1) is 18.3 Å². The van der Waals surface area contributed by atoms with E-state index in [0.717, 1.165) is 27.6 Å². The first kappa shape index (κ1) is 14.3. The van der Waals surface area contributed by atoms with Gasteiger partial charge >= 0.3 is 0 Å². The van der Waals surface area contributed by atoms with Gasteiger partial charge in [-0.1, -0.05) is 66.2 Å². The van der Waals surface area contributed by atoms with Crippen molar-refractivity contribution in [1.29, 1.82) is 5.26 Å². The molecule has 0 saturated heterocycles. The van der Waals surface area contributed by atoms with Crippen LogP contribution >= 0.6 is 0 Å². The number of nitrogens with two attached hydrogens (primary N) is 1. The SMILES string of the molecule is Cc1ccc([C@H]2C(C#N)=C(N)Oc3c2ccc2ccccc32)cc1. The topological polar surface area (TPSA) is 59.0 Å². The molecule has 116 valence electrons. The van der Waals surface area contributed by atoms with Gasteiger partial charge in [-0.3, -0.25) is 0 Å². The van der Waals surface area contributed by atoms with Crippen molar-refractivity contribution in [3.8, 4) is 11.8 Å². The molecule has 1 aliphatic rings. The van der Waals surface area contributed by atoms with Crippen LogP contribution in [0.15, 0.2) is 72.1 Å². The van der Waals surface area contributed by atoms with E-state index in [1.165, 1.54) is 5.56 Å². The van der Waals surface area contributed by atoms with Gasteiger partial charge in [-0.2, -0.15) is 5.26 Å². The van der Waals surface area contributed by atoms with Crippen LogP contribution in [-0.4, -0.2) is 0 Å². The second-order valence-corrected chi connectivity index (χ2v) is 6.04. The molecular weight excluding hydrogens is 296 g/mol. The third kappa shape index (κ3) is 2.12. The van der Waals surface area contributed by atoms with Crippen molar-refractivity contribution in [2.24, 2.45) is 5.73 Å². The molecule has 0 aliphatic carbocycles. The standard InChI is InChI=1S/C21H16N2O/c1-13-6-8-15(9-7-13)19-17-11-10-14-4-2-3-5-16(14)20(17)24-21(23)18(19)12-22/h2-11,19H,23H2,1H3/t19-/m1/s1. The highest BCUT2D eigenvalue weighted by molar-refractivity contribution is 5.90. The van der Waals surface area contributed by atoms with Gasteiger partial charge in [0.1, 0.15) is 17.4 Å². The summed E-state index contributed by atoms with van der Waals surface area (Å²) in [4.78, 5) is 0. The van der Waals surface area contributed by atoms with Crippen molar-refractivity contribution in [3.05, 3.63) is 88.8 Å². The zero-order valence-corrected chi connectivity index (χ0v) is 13.3. The molecule has 2 N–H and O–H groups in total. The Bertz CT molecular complexity index is 1010. The number of benzene rings is 3. The lowest BCUT2D eigenvalue weighted by Gasteiger charge is -2.27. The number of allylic oxidation sites excluding steroid dienone is 1. The Balaban J connectivity index is 2.00. The van der Waals surface area contributed by atoms with Crippen LogP contribution in [0.1, 0.15) is 22.6 Å². The maximum atomic E-state index is 9.62. The molecule has 3 aromatic carbocycles. The average Bonchev–Trinajstić information content (AvgIpc) is 2.61. The number of nitriles is 1. The Morgan fingerprint density at radius 3 is 2.50 bits per heavy atom. The van der Waals surface area contributed by atoms with Gasteiger partial charge in [0, 0.05) is 10.9 Å². The molecule has 1 aliphatic heterocycles. The number of nitrogens with zero attached hydrogens (tertiary/aromatic N) is 1. The Labute approximate surface area is 140 Å².